The smallest absolute Gasteiger partial charge is 0.317 e. The van der Waals surface area contributed by atoms with Gasteiger partial charge in [-0.15, -0.1) is 0 Å². The van der Waals surface area contributed by atoms with Gasteiger partial charge in [-0.3, -0.25) is 0 Å². The first-order valence-corrected chi connectivity index (χ1v) is 8.47. The van der Waals surface area contributed by atoms with Crippen molar-refractivity contribution >= 4 is 11.8 Å². The van der Waals surface area contributed by atoms with Gasteiger partial charge in [0.25, 0.3) is 0 Å². The van der Waals surface area contributed by atoms with Gasteiger partial charge < -0.3 is 20.2 Å². The van der Waals surface area contributed by atoms with E-state index in [0.717, 1.165) is 30.4 Å². The molecule has 2 rings (SSSR count). The number of hydrogen-bond donors (Lipinski definition) is 2. The van der Waals surface area contributed by atoms with Gasteiger partial charge in [-0.2, -0.15) is 0 Å². The summed E-state index contributed by atoms with van der Waals surface area (Å²) in [5.74, 6) is 1.82. The molecule has 0 spiro atoms. The van der Waals surface area contributed by atoms with Crippen molar-refractivity contribution in [1.29, 1.82) is 0 Å². The Labute approximate surface area is 138 Å². The standard InChI is InChI=1S/C17H28N4O2/c1-3-20(10-11-22)17(23)19-13-15-4-5-16(18-12-15)21-8-6-14(2)7-9-21/h4-5,12,14,22H,3,6-11,13H2,1-2H3,(H,19,23). The van der Waals surface area contributed by atoms with Crippen LogP contribution in [0.3, 0.4) is 0 Å². The molecule has 1 fully saturated rings. The number of carbonyl (C=O) groups is 1. The molecule has 6 heteroatoms. The Morgan fingerprint density at radius 2 is 2.17 bits per heavy atom. The van der Waals surface area contributed by atoms with Gasteiger partial charge in [0.2, 0.25) is 0 Å². The first-order valence-electron chi connectivity index (χ1n) is 8.47. The first kappa shape index (κ1) is 17.5. The molecule has 1 aromatic rings. The molecule has 6 nitrogen and oxygen atoms in total. The third-order valence-electron chi connectivity index (χ3n) is 4.40. The number of aromatic nitrogens is 1. The number of pyridine rings is 1. The van der Waals surface area contributed by atoms with Gasteiger partial charge in [0, 0.05) is 38.9 Å². The number of anilines is 1. The number of carbonyl (C=O) groups excluding carboxylic acids is 1. The molecule has 2 heterocycles. The number of nitrogens with one attached hydrogen (secondary N) is 1. The van der Waals surface area contributed by atoms with Crippen molar-refractivity contribution in [2.45, 2.75) is 33.2 Å². The van der Waals surface area contributed by atoms with Crippen molar-refractivity contribution in [1.82, 2.24) is 15.2 Å². The molecule has 0 radical (unpaired) electrons. The van der Waals surface area contributed by atoms with E-state index in [2.05, 4.69) is 22.1 Å². The summed E-state index contributed by atoms with van der Waals surface area (Å²) in [4.78, 5) is 20.4. The molecule has 0 aromatic carbocycles. The minimum absolute atomic E-state index is 0.0219. The van der Waals surface area contributed by atoms with Crippen molar-refractivity contribution in [3.05, 3.63) is 23.9 Å². The summed E-state index contributed by atoms with van der Waals surface area (Å²) >= 11 is 0. The lowest BCUT2D eigenvalue weighted by molar-refractivity contribution is 0.180. The highest BCUT2D eigenvalue weighted by Gasteiger charge is 2.16. The first-order chi connectivity index (χ1) is 11.1. The van der Waals surface area contributed by atoms with Crippen LogP contribution in [0.5, 0.6) is 0 Å². The average molecular weight is 320 g/mol. The number of rotatable bonds is 6. The van der Waals surface area contributed by atoms with Crippen LogP contribution in [-0.4, -0.2) is 53.8 Å². The van der Waals surface area contributed by atoms with E-state index >= 15 is 0 Å². The van der Waals surface area contributed by atoms with Crippen LogP contribution in [0.2, 0.25) is 0 Å². The van der Waals surface area contributed by atoms with Gasteiger partial charge >= 0.3 is 6.03 Å². The third kappa shape index (κ3) is 5.10. The summed E-state index contributed by atoms with van der Waals surface area (Å²) in [7, 11) is 0. The number of urea groups is 1. The van der Waals surface area contributed by atoms with Gasteiger partial charge in [0.1, 0.15) is 5.82 Å². The Morgan fingerprint density at radius 3 is 2.74 bits per heavy atom. The molecule has 1 saturated heterocycles. The second-order valence-corrected chi connectivity index (χ2v) is 6.16. The topological polar surface area (TPSA) is 68.7 Å². The molecule has 2 N–H and O–H groups in total. The fourth-order valence-corrected chi connectivity index (χ4v) is 2.76. The zero-order chi connectivity index (χ0) is 16.7. The van der Waals surface area contributed by atoms with E-state index in [9.17, 15) is 4.79 Å². The molecule has 1 aromatic heterocycles. The van der Waals surface area contributed by atoms with E-state index in [4.69, 9.17) is 5.11 Å². The minimum Gasteiger partial charge on any atom is -0.395 e. The SMILES string of the molecule is CCN(CCO)C(=O)NCc1ccc(N2CCC(C)CC2)nc1. The second kappa shape index (κ2) is 8.72. The largest absolute Gasteiger partial charge is 0.395 e. The lowest BCUT2D eigenvalue weighted by Crippen LogP contribution is -2.41. The van der Waals surface area contributed by atoms with E-state index in [0.29, 0.717) is 19.6 Å². The zero-order valence-electron chi connectivity index (χ0n) is 14.2. The molecule has 1 aliphatic rings. The molecule has 0 bridgehead atoms. The van der Waals surface area contributed by atoms with Crippen LogP contribution in [-0.2, 0) is 6.54 Å². The number of aliphatic hydroxyl groups excluding tert-OH is 1. The Hall–Kier alpha value is -1.82. The monoisotopic (exact) mass is 320 g/mol. The van der Waals surface area contributed by atoms with Gasteiger partial charge in [0.15, 0.2) is 0 Å². The van der Waals surface area contributed by atoms with Crippen LogP contribution in [0, 0.1) is 5.92 Å². The van der Waals surface area contributed by atoms with Crippen molar-refractivity contribution in [2.75, 3.05) is 37.7 Å². The van der Waals surface area contributed by atoms with Crippen molar-refractivity contribution in [3.63, 3.8) is 0 Å². The molecule has 128 valence electrons. The predicted molar refractivity (Wildman–Crippen MR) is 91.4 cm³/mol. The van der Waals surface area contributed by atoms with Gasteiger partial charge in [-0.05, 0) is 37.3 Å². The van der Waals surface area contributed by atoms with E-state index in [1.165, 1.54) is 12.8 Å². The summed E-state index contributed by atoms with van der Waals surface area (Å²) < 4.78 is 0. The molecule has 2 amide bonds. The van der Waals surface area contributed by atoms with Crippen LogP contribution in [0.4, 0.5) is 10.6 Å². The summed E-state index contributed by atoms with van der Waals surface area (Å²) in [6.45, 7) is 7.69. The van der Waals surface area contributed by atoms with E-state index in [-0.39, 0.29) is 12.6 Å². The van der Waals surface area contributed by atoms with Crippen LogP contribution in [0.1, 0.15) is 32.3 Å². The van der Waals surface area contributed by atoms with Gasteiger partial charge in [-0.1, -0.05) is 13.0 Å². The maximum atomic E-state index is 12.0. The van der Waals surface area contributed by atoms with Crippen LogP contribution >= 0.6 is 0 Å². The average Bonchev–Trinajstić information content (AvgIpc) is 2.59. The van der Waals surface area contributed by atoms with Crippen molar-refractivity contribution in [2.24, 2.45) is 5.92 Å². The summed E-state index contributed by atoms with van der Waals surface area (Å²) in [6.07, 6.45) is 4.27. The fraction of sp³-hybridized carbons (Fsp3) is 0.647. The van der Waals surface area contributed by atoms with Gasteiger partial charge in [0.05, 0.1) is 6.61 Å². The fourth-order valence-electron chi connectivity index (χ4n) is 2.76. The van der Waals surface area contributed by atoms with Crippen LogP contribution in [0.25, 0.3) is 0 Å². The van der Waals surface area contributed by atoms with E-state index < -0.39 is 0 Å². The maximum absolute atomic E-state index is 12.0. The number of aliphatic hydroxyl groups is 1. The number of piperidine rings is 1. The molecule has 23 heavy (non-hydrogen) atoms. The number of hydrogen-bond acceptors (Lipinski definition) is 4. The summed E-state index contributed by atoms with van der Waals surface area (Å²) in [5, 5.41) is 11.8. The highest BCUT2D eigenvalue weighted by atomic mass is 16.3. The molecule has 0 saturated carbocycles. The lowest BCUT2D eigenvalue weighted by Gasteiger charge is -2.31. The Morgan fingerprint density at radius 1 is 1.43 bits per heavy atom. The van der Waals surface area contributed by atoms with Crippen molar-refractivity contribution in [3.8, 4) is 0 Å². The molecule has 0 unspecified atom stereocenters. The van der Waals surface area contributed by atoms with Gasteiger partial charge in [-0.25, -0.2) is 9.78 Å². The number of nitrogens with zero attached hydrogens (tertiary/aromatic N) is 3. The lowest BCUT2D eigenvalue weighted by atomic mass is 9.99. The highest BCUT2D eigenvalue weighted by molar-refractivity contribution is 5.74. The number of likely N-dealkylation sites (N-methyl/N-ethyl adjacent to an activating group) is 1. The number of amides is 2. The third-order valence-corrected chi connectivity index (χ3v) is 4.40. The Balaban J connectivity index is 1.84. The molecule has 0 atom stereocenters. The maximum Gasteiger partial charge on any atom is 0.317 e. The zero-order valence-corrected chi connectivity index (χ0v) is 14.2. The van der Waals surface area contributed by atoms with Crippen molar-refractivity contribution < 1.29 is 9.90 Å². The van der Waals surface area contributed by atoms with E-state index in [1.54, 1.807) is 4.90 Å². The van der Waals surface area contributed by atoms with E-state index in [1.807, 2.05) is 25.3 Å². The molecular formula is C17H28N4O2. The molecule has 1 aliphatic heterocycles. The second-order valence-electron chi connectivity index (χ2n) is 6.16. The Kier molecular flexibility index (Phi) is 6.65. The Bertz CT molecular complexity index is 484. The summed E-state index contributed by atoms with van der Waals surface area (Å²) in [5.41, 5.74) is 0.979. The predicted octanol–water partition coefficient (Wildman–Crippen LogP) is 1.84. The molecular weight excluding hydrogens is 292 g/mol. The van der Waals surface area contributed by atoms with Crippen LogP contribution < -0.4 is 10.2 Å². The minimum atomic E-state index is -0.157. The van der Waals surface area contributed by atoms with Crippen LogP contribution in [0.15, 0.2) is 18.3 Å². The quantitative estimate of drug-likeness (QED) is 0.839. The highest BCUT2D eigenvalue weighted by Crippen LogP contribution is 2.21. The normalized spacial score (nSPS) is 15.5. The summed E-state index contributed by atoms with van der Waals surface area (Å²) in [6, 6.07) is 3.89. The molecule has 0 aliphatic carbocycles.